The van der Waals surface area contributed by atoms with Crippen molar-refractivity contribution in [1.82, 2.24) is 10.2 Å². The van der Waals surface area contributed by atoms with Crippen LogP contribution in [0.25, 0.3) is 10.8 Å². The molecule has 1 atom stereocenters. The van der Waals surface area contributed by atoms with Crippen LogP contribution in [-0.2, 0) is 11.3 Å². The number of carbonyl (C=O) groups excluding carboxylic acids is 1. The van der Waals surface area contributed by atoms with E-state index in [1.165, 1.54) is 16.3 Å². The third kappa shape index (κ3) is 3.70. The summed E-state index contributed by atoms with van der Waals surface area (Å²) in [6, 6.07) is 24.7. The summed E-state index contributed by atoms with van der Waals surface area (Å²) in [6.45, 7) is 2.35. The zero-order chi connectivity index (χ0) is 17.8. The van der Waals surface area contributed by atoms with Crippen molar-refractivity contribution in [2.45, 2.75) is 12.6 Å². The highest BCUT2D eigenvalue weighted by atomic mass is 16.6. The number of amides is 1. The lowest BCUT2D eigenvalue weighted by Gasteiger charge is -2.33. The Kier molecular flexibility index (Phi) is 4.84. The molecule has 1 heterocycles. The molecule has 3 aromatic rings. The normalized spacial score (nSPS) is 17.2. The molecule has 4 rings (SSSR count). The second-order valence-electron chi connectivity index (χ2n) is 6.60. The lowest BCUT2D eigenvalue weighted by atomic mass is 10.0. The topological polar surface area (TPSA) is 41.6 Å². The Morgan fingerprint density at radius 2 is 1.77 bits per heavy atom. The van der Waals surface area contributed by atoms with Crippen LogP contribution in [-0.4, -0.2) is 30.6 Å². The van der Waals surface area contributed by atoms with E-state index >= 15 is 0 Å². The predicted molar refractivity (Wildman–Crippen MR) is 103 cm³/mol. The summed E-state index contributed by atoms with van der Waals surface area (Å²) in [5.41, 5.74) is 2.20. The Morgan fingerprint density at radius 1 is 1.00 bits per heavy atom. The maximum absolute atomic E-state index is 12.4. The fourth-order valence-corrected chi connectivity index (χ4v) is 3.37. The number of carbonyl (C=O) groups is 1. The summed E-state index contributed by atoms with van der Waals surface area (Å²) in [6.07, 6.45) is -0.249. The van der Waals surface area contributed by atoms with Crippen LogP contribution in [0.1, 0.15) is 17.2 Å². The second-order valence-corrected chi connectivity index (χ2v) is 6.60. The SMILES string of the molecule is O=C(OCc1ccccc1)N1CCN[C@@H](c2ccc3ccccc3c2)C1. The van der Waals surface area contributed by atoms with Gasteiger partial charge in [0.25, 0.3) is 0 Å². The Hall–Kier alpha value is -2.85. The summed E-state index contributed by atoms with van der Waals surface area (Å²) in [5.74, 6) is 0. The van der Waals surface area contributed by atoms with E-state index in [1.807, 2.05) is 42.5 Å². The number of benzene rings is 3. The van der Waals surface area contributed by atoms with Gasteiger partial charge in [0.05, 0.1) is 6.04 Å². The molecule has 0 unspecified atom stereocenters. The van der Waals surface area contributed by atoms with Gasteiger partial charge in [-0.3, -0.25) is 0 Å². The molecule has 132 valence electrons. The largest absolute Gasteiger partial charge is 0.445 e. The minimum atomic E-state index is -0.249. The Morgan fingerprint density at radius 3 is 2.62 bits per heavy atom. The highest BCUT2D eigenvalue weighted by molar-refractivity contribution is 5.83. The average Bonchev–Trinajstić information content (AvgIpc) is 2.72. The third-order valence-corrected chi connectivity index (χ3v) is 4.81. The van der Waals surface area contributed by atoms with Gasteiger partial charge in [-0.15, -0.1) is 0 Å². The van der Waals surface area contributed by atoms with E-state index in [4.69, 9.17) is 4.74 Å². The molecule has 1 amide bonds. The molecule has 0 aromatic heterocycles. The Balaban J connectivity index is 1.42. The third-order valence-electron chi connectivity index (χ3n) is 4.81. The van der Waals surface area contributed by atoms with Crippen molar-refractivity contribution in [3.05, 3.63) is 83.9 Å². The predicted octanol–water partition coefficient (Wildman–Crippen LogP) is 4.12. The van der Waals surface area contributed by atoms with Crippen LogP contribution in [0.5, 0.6) is 0 Å². The van der Waals surface area contributed by atoms with Crippen molar-refractivity contribution in [3.8, 4) is 0 Å². The first kappa shape index (κ1) is 16.6. The molecule has 0 bridgehead atoms. The molecule has 4 nitrogen and oxygen atoms in total. The molecule has 26 heavy (non-hydrogen) atoms. The highest BCUT2D eigenvalue weighted by Gasteiger charge is 2.25. The molecule has 1 aliphatic heterocycles. The van der Waals surface area contributed by atoms with Gasteiger partial charge in [0.15, 0.2) is 0 Å². The Bertz CT molecular complexity index is 895. The van der Waals surface area contributed by atoms with Crippen molar-refractivity contribution >= 4 is 16.9 Å². The number of hydrogen-bond donors (Lipinski definition) is 1. The minimum absolute atomic E-state index is 0.123. The number of piperazine rings is 1. The number of rotatable bonds is 3. The standard InChI is InChI=1S/C22H22N2O2/c25-22(26-16-17-6-2-1-3-7-17)24-13-12-23-21(15-24)20-11-10-18-8-4-5-9-19(18)14-20/h1-11,14,21,23H,12-13,15-16H2/t21-/m1/s1. The van der Waals surface area contributed by atoms with Crippen molar-refractivity contribution in [2.75, 3.05) is 19.6 Å². The monoisotopic (exact) mass is 346 g/mol. The quantitative estimate of drug-likeness (QED) is 0.775. The van der Waals surface area contributed by atoms with Gasteiger partial charge in [-0.1, -0.05) is 66.7 Å². The number of fused-ring (bicyclic) bond motifs is 1. The van der Waals surface area contributed by atoms with E-state index in [9.17, 15) is 4.79 Å². The van der Waals surface area contributed by atoms with Gasteiger partial charge in [0, 0.05) is 19.6 Å². The molecule has 1 aliphatic rings. The van der Waals surface area contributed by atoms with E-state index < -0.39 is 0 Å². The van der Waals surface area contributed by atoms with E-state index in [0.29, 0.717) is 19.7 Å². The molecule has 3 aromatic carbocycles. The fourth-order valence-electron chi connectivity index (χ4n) is 3.37. The maximum Gasteiger partial charge on any atom is 0.410 e. The molecule has 4 heteroatoms. The van der Waals surface area contributed by atoms with Crippen molar-refractivity contribution in [3.63, 3.8) is 0 Å². The number of nitrogens with zero attached hydrogens (tertiary/aromatic N) is 1. The van der Waals surface area contributed by atoms with E-state index in [1.54, 1.807) is 4.90 Å². The lowest BCUT2D eigenvalue weighted by Crippen LogP contribution is -2.48. The average molecular weight is 346 g/mol. The molecule has 0 radical (unpaired) electrons. The van der Waals surface area contributed by atoms with Crippen molar-refractivity contribution in [2.24, 2.45) is 0 Å². The summed E-state index contributed by atoms with van der Waals surface area (Å²) in [5, 5.41) is 5.96. The molecule has 1 saturated heterocycles. The highest BCUT2D eigenvalue weighted by Crippen LogP contribution is 2.23. The summed E-state index contributed by atoms with van der Waals surface area (Å²) in [7, 11) is 0. The van der Waals surface area contributed by atoms with Crippen LogP contribution >= 0.6 is 0 Å². The van der Waals surface area contributed by atoms with Crippen LogP contribution in [0.4, 0.5) is 4.79 Å². The van der Waals surface area contributed by atoms with Crippen LogP contribution in [0.2, 0.25) is 0 Å². The number of ether oxygens (including phenoxy) is 1. The summed E-state index contributed by atoms with van der Waals surface area (Å²) < 4.78 is 5.48. The zero-order valence-electron chi connectivity index (χ0n) is 14.6. The molecule has 0 aliphatic carbocycles. The van der Waals surface area contributed by atoms with Gasteiger partial charge < -0.3 is 15.0 Å². The first-order chi connectivity index (χ1) is 12.8. The van der Waals surface area contributed by atoms with E-state index in [-0.39, 0.29) is 12.1 Å². The maximum atomic E-state index is 12.4. The van der Waals surface area contributed by atoms with Crippen LogP contribution < -0.4 is 5.32 Å². The van der Waals surface area contributed by atoms with Crippen LogP contribution in [0, 0.1) is 0 Å². The van der Waals surface area contributed by atoms with Crippen LogP contribution in [0.15, 0.2) is 72.8 Å². The molecule has 0 spiro atoms. The molecular weight excluding hydrogens is 324 g/mol. The first-order valence-corrected chi connectivity index (χ1v) is 8.97. The van der Waals surface area contributed by atoms with Gasteiger partial charge in [-0.2, -0.15) is 0 Å². The zero-order valence-corrected chi connectivity index (χ0v) is 14.6. The number of nitrogens with one attached hydrogen (secondary N) is 1. The fraction of sp³-hybridized carbons (Fsp3) is 0.227. The summed E-state index contributed by atoms with van der Waals surface area (Å²) in [4.78, 5) is 14.2. The van der Waals surface area contributed by atoms with Crippen molar-refractivity contribution in [1.29, 1.82) is 0 Å². The minimum Gasteiger partial charge on any atom is -0.445 e. The van der Waals surface area contributed by atoms with Crippen molar-refractivity contribution < 1.29 is 9.53 Å². The van der Waals surface area contributed by atoms with E-state index in [2.05, 4.69) is 35.6 Å². The number of hydrogen-bond acceptors (Lipinski definition) is 3. The van der Waals surface area contributed by atoms with Gasteiger partial charge in [-0.05, 0) is 28.0 Å². The second kappa shape index (κ2) is 7.58. The Labute approximate surface area is 153 Å². The lowest BCUT2D eigenvalue weighted by molar-refractivity contribution is 0.0850. The molecular formula is C22H22N2O2. The first-order valence-electron chi connectivity index (χ1n) is 8.97. The van der Waals surface area contributed by atoms with Gasteiger partial charge in [0.2, 0.25) is 0 Å². The van der Waals surface area contributed by atoms with E-state index in [0.717, 1.165) is 12.1 Å². The molecule has 1 fully saturated rings. The molecule has 1 N–H and O–H groups in total. The van der Waals surface area contributed by atoms with Crippen LogP contribution in [0.3, 0.4) is 0 Å². The smallest absolute Gasteiger partial charge is 0.410 e. The van der Waals surface area contributed by atoms with Gasteiger partial charge in [0.1, 0.15) is 6.61 Å². The van der Waals surface area contributed by atoms with Gasteiger partial charge in [-0.25, -0.2) is 4.79 Å². The summed E-state index contributed by atoms with van der Waals surface area (Å²) >= 11 is 0. The molecule has 0 saturated carbocycles. The van der Waals surface area contributed by atoms with Gasteiger partial charge >= 0.3 is 6.09 Å².